The van der Waals surface area contributed by atoms with Crippen molar-refractivity contribution in [2.45, 2.75) is 6.42 Å². The minimum Gasteiger partial charge on any atom is -0.493 e. The van der Waals surface area contributed by atoms with Crippen LogP contribution in [0.2, 0.25) is 0 Å². The van der Waals surface area contributed by atoms with Crippen molar-refractivity contribution in [3.05, 3.63) is 40.6 Å². The van der Waals surface area contributed by atoms with Crippen LogP contribution in [0.15, 0.2) is 35.7 Å². The fourth-order valence-electron chi connectivity index (χ4n) is 2.09. The zero-order valence-electron chi connectivity index (χ0n) is 13.1. The summed E-state index contributed by atoms with van der Waals surface area (Å²) in [6, 6.07) is 9.37. The minimum atomic E-state index is -0.104. The average molecular weight is 361 g/mol. The molecule has 24 heavy (non-hydrogen) atoms. The number of hydrogen-bond acceptors (Lipinski definition) is 7. The van der Waals surface area contributed by atoms with Gasteiger partial charge in [-0.05, 0) is 29.6 Å². The molecule has 0 bridgehead atoms. The fourth-order valence-corrected chi connectivity index (χ4v) is 3.55. The van der Waals surface area contributed by atoms with Gasteiger partial charge in [0.25, 0.3) is 0 Å². The summed E-state index contributed by atoms with van der Waals surface area (Å²) in [6.07, 6.45) is 0.336. The topological polar surface area (TPSA) is 73.3 Å². The number of nitrogens with zero attached hydrogens (tertiary/aromatic N) is 2. The molecular formula is C16H15N3O3S2. The van der Waals surface area contributed by atoms with Gasteiger partial charge in [0.15, 0.2) is 11.5 Å². The van der Waals surface area contributed by atoms with Crippen molar-refractivity contribution < 1.29 is 14.3 Å². The Kier molecular flexibility index (Phi) is 5.07. The third-order valence-corrected chi connectivity index (χ3v) is 4.98. The van der Waals surface area contributed by atoms with Gasteiger partial charge in [-0.25, -0.2) is 0 Å². The molecule has 0 atom stereocenters. The maximum absolute atomic E-state index is 12.0. The number of benzene rings is 1. The van der Waals surface area contributed by atoms with Crippen molar-refractivity contribution in [3.63, 3.8) is 0 Å². The molecule has 8 heteroatoms. The van der Waals surface area contributed by atoms with Crippen LogP contribution in [0.5, 0.6) is 11.5 Å². The summed E-state index contributed by atoms with van der Waals surface area (Å²) < 4.78 is 10.5. The molecular weight excluding hydrogens is 346 g/mol. The van der Waals surface area contributed by atoms with Crippen LogP contribution in [0.25, 0.3) is 10.6 Å². The van der Waals surface area contributed by atoms with E-state index in [-0.39, 0.29) is 5.91 Å². The first kappa shape index (κ1) is 16.4. The van der Waals surface area contributed by atoms with E-state index >= 15 is 0 Å². The normalized spacial score (nSPS) is 10.4. The number of aromatic nitrogens is 2. The van der Waals surface area contributed by atoms with Gasteiger partial charge in [-0.3, -0.25) is 4.79 Å². The highest BCUT2D eigenvalue weighted by Gasteiger charge is 2.13. The lowest BCUT2D eigenvalue weighted by atomic mass is 10.2. The Labute approximate surface area is 147 Å². The summed E-state index contributed by atoms with van der Waals surface area (Å²) in [5.41, 5.74) is 0.851. The molecule has 6 nitrogen and oxygen atoms in total. The Bertz CT molecular complexity index is 831. The summed E-state index contributed by atoms with van der Waals surface area (Å²) >= 11 is 2.86. The number of carbonyl (C=O) groups excluding carboxylic acids is 1. The van der Waals surface area contributed by atoms with Gasteiger partial charge in [-0.15, -0.1) is 21.5 Å². The highest BCUT2D eigenvalue weighted by molar-refractivity contribution is 7.18. The predicted octanol–water partition coefficient (Wildman–Crippen LogP) is 3.47. The summed E-state index contributed by atoms with van der Waals surface area (Å²) in [5, 5.41) is 14.1. The highest BCUT2D eigenvalue weighted by Crippen LogP contribution is 2.34. The third kappa shape index (κ3) is 3.72. The molecule has 0 saturated carbocycles. The number of nitrogens with one attached hydrogen (secondary N) is 1. The molecule has 124 valence electrons. The van der Waals surface area contributed by atoms with Crippen LogP contribution in [-0.2, 0) is 11.2 Å². The van der Waals surface area contributed by atoms with Gasteiger partial charge in [0.1, 0.15) is 5.01 Å². The molecule has 0 radical (unpaired) electrons. The number of rotatable bonds is 6. The van der Waals surface area contributed by atoms with Crippen LogP contribution >= 0.6 is 22.7 Å². The SMILES string of the molecule is COc1ccc(-c2nnc(NC(=O)Cc3cccs3)s2)cc1OC. The molecule has 0 aliphatic heterocycles. The Morgan fingerprint density at radius 3 is 2.71 bits per heavy atom. The molecule has 0 saturated heterocycles. The number of amides is 1. The zero-order chi connectivity index (χ0) is 16.9. The molecule has 0 aliphatic carbocycles. The summed E-state index contributed by atoms with van der Waals surface area (Å²) in [5.74, 6) is 1.16. The van der Waals surface area contributed by atoms with E-state index in [1.165, 1.54) is 11.3 Å². The van der Waals surface area contributed by atoms with Crippen molar-refractivity contribution >= 4 is 33.7 Å². The van der Waals surface area contributed by atoms with Gasteiger partial charge in [0.2, 0.25) is 11.0 Å². The smallest absolute Gasteiger partial charge is 0.231 e. The molecule has 1 N–H and O–H groups in total. The lowest BCUT2D eigenvalue weighted by Crippen LogP contribution is -2.13. The van der Waals surface area contributed by atoms with Gasteiger partial charge in [0, 0.05) is 10.4 Å². The van der Waals surface area contributed by atoms with E-state index in [2.05, 4.69) is 15.5 Å². The molecule has 0 aliphatic rings. The van der Waals surface area contributed by atoms with Crippen LogP contribution in [0.1, 0.15) is 4.88 Å². The first-order chi connectivity index (χ1) is 11.7. The van der Waals surface area contributed by atoms with E-state index in [9.17, 15) is 4.79 Å². The van der Waals surface area contributed by atoms with Gasteiger partial charge in [-0.2, -0.15) is 0 Å². The van der Waals surface area contributed by atoms with Crippen molar-refractivity contribution in [2.75, 3.05) is 19.5 Å². The Morgan fingerprint density at radius 2 is 2.00 bits per heavy atom. The number of methoxy groups -OCH3 is 2. The van der Waals surface area contributed by atoms with Gasteiger partial charge in [0.05, 0.1) is 20.6 Å². The molecule has 0 unspecified atom stereocenters. The van der Waals surface area contributed by atoms with Crippen LogP contribution in [0.3, 0.4) is 0 Å². The number of thiophene rings is 1. The maximum atomic E-state index is 12.0. The lowest BCUT2D eigenvalue weighted by Gasteiger charge is -2.07. The van der Waals surface area contributed by atoms with E-state index < -0.39 is 0 Å². The van der Waals surface area contributed by atoms with E-state index in [1.54, 1.807) is 25.6 Å². The van der Waals surface area contributed by atoms with E-state index in [1.807, 2.05) is 35.7 Å². The monoisotopic (exact) mass is 361 g/mol. The molecule has 1 amide bonds. The number of carbonyl (C=O) groups is 1. The first-order valence-corrected chi connectivity index (χ1v) is 8.77. The Morgan fingerprint density at radius 1 is 1.17 bits per heavy atom. The van der Waals surface area contributed by atoms with Crippen LogP contribution < -0.4 is 14.8 Å². The lowest BCUT2D eigenvalue weighted by molar-refractivity contribution is -0.115. The molecule has 2 heterocycles. The van der Waals surface area contributed by atoms with E-state index in [0.717, 1.165) is 10.4 Å². The second kappa shape index (κ2) is 7.41. The summed E-state index contributed by atoms with van der Waals surface area (Å²) in [6.45, 7) is 0. The fraction of sp³-hybridized carbons (Fsp3) is 0.188. The largest absolute Gasteiger partial charge is 0.493 e. The summed E-state index contributed by atoms with van der Waals surface area (Å²) in [4.78, 5) is 13.0. The number of ether oxygens (including phenoxy) is 2. The molecule has 0 spiro atoms. The van der Waals surface area contributed by atoms with Gasteiger partial charge < -0.3 is 14.8 Å². The second-order valence-corrected chi connectivity index (χ2v) is 6.80. The third-order valence-electron chi connectivity index (χ3n) is 3.22. The predicted molar refractivity (Wildman–Crippen MR) is 95.1 cm³/mol. The molecule has 3 rings (SSSR count). The highest BCUT2D eigenvalue weighted by atomic mass is 32.1. The summed E-state index contributed by atoms with van der Waals surface area (Å²) in [7, 11) is 3.17. The van der Waals surface area contributed by atoms with E-state index in [4.69, 9.17) is 9.47 Å². The first-order valence-electron chi connectivity index (χ1n) is 7.07. The standard InChI is InChI=1S/C16H15N3O3S2/c1-21-12-6-5-10(8-13(12)22-2)15-18-19-16(24-15)17-14(20)9-11-4-3-7-23-11/h3-8H,9H2,1-2H3,(H,17,19,20). The Balaban J connectivity index is 1.72. The molecule has 2 aromatic heterocycles. The molecule has 0 fully saturated rings. The van der Waals surface area contributed by atoms with Crippen molar-refractivity contribution in [2.24, 2.45) is 0 Å². The maximum Gasteiger partial charge on any atom is 0.231 e. The second-order valence-electron chi connectivity index (χ2n) is 4.79. The van der Waals surface area contributed by atoms with E-state index in [0.29, 0.717) is 28.1 Å². The van der Waals surface area contributed by atoms with Crippen molar-refractivity contribution in [1.29, 1.82) is 0 Å². The van der Waals surface area contributed by atoms with Crippen LogP contribution in [-0.4, -0.2) is 30.3 Å². The van der Waals surface area contributed by atoms with Crippen LogP contribution in [0, 0.1) is 0 Å². The van der Waals surface area contributed by atoms with Gasteiger partial charge >= 0.3 is 0 Å². The zero-order valence-corrected chi connectivity index (χ0v) is 14.7. The van der Waals surface area contributed by atoms with Gasteiger partial charge in [-0.1, -0.05) is 17.4 Å². The average Bonchev–Trinajstić information content (AvgIpc) is 3.26. The van der Waals surface area contributed by atoms with Crippen molar-refractivity contribution in [3.8, 4) is 22.1 Å². The quantitative estimate of drug-likeness (QED) is 0.728. The Hall–Kier alpha value is -2.45. The van der Waals surface area contributed by atoms with Crippen molar-refractivity contribution in [1.82, 2.24) is 10.2 Å². The molecule has 1 aromatic carbocycles. The molecule has 3 aromatic rings. The number of anilines is 1. The van der Waals surface area contributed by atoms with Crippen LogP contribution in [0.4, 0.5) is 5.13 Å². The number of hydrogen-bond donors (Lipinski definition) is 1. The minimum absolute atomic E-state index is 0.104.